The molecule has 1 aromatic carbocycles. The lowest BCUT2D eigenvalue weighted by Gasteiger charge is -2.28. The Morgan fingerprint density at radius 1 is 1.06 bits per heavy atom. The molecular weight excluding hydrogens is 214 g/mol. The molecule has 0 aliphatic carbocycles. The van der Waals surface area contributed by atoms with Gasteiger partial charge in [-0.1, -0.05) is 0 Å². The molecule has 87 valence electrons. The van der Waals surface area contributed by atoms with Gasteiger partial charge in [0.25, 0.3) is 0 Å². The number of piperidine rings is 1. The molecular formula is C12H15N5+. The first-order valence-corrected chi connectivity index (χ1v) is 6.02. The molecule has 1 aromatic rings. The molecule has 0 aromatic heterocycles. The molecule has 17 heavy (non-hydrogen) atoms. The number of benzene rings is 1. The number of anilines is 1. The van der Waals surface area contributed by atoms with Crippen molar-refractivity contribution in [2.75, 3.05) is 18.0 Å². The van der Waals surface area contributed by atoms with Crippen LogP contribution >= 0.6 is 0 Å². The Kier molecular flexibility index (Phi) is 2.73. The first-order valence-electron chi connectivity index (χ1n) is 6.02. The molecule has 1 N–H and O–H groups in total. The number of hydrogen-bond donors (Lipinski definition) is 1. The zero-order chi connectivity index (χ0) is 11.5. The summed E-state index contributed by atoms with van der Waals surface area (Å²) in [6, 6.07) is 8.41. The van der Waals surface area contributed by atoms with Gasteiger partial charge in [0.15, 0.2) is 5.22 Å². The van der Waals surface area contributed by atoms with Crippen LogP contribution in [0.25, 0.3) is 0 Å². The van der Waals surface area contributed by atoms with Crippen LogP contribution in [0.5, 0.6) is 0 Å². The summed E-state index contributed by atoms with van der Waals surface area (Å²) in [6.07, 6.45) is 3.96. The van der Waals surface area contributed by atoms with Crippen LogP contribution in [0, 0.1) is 0 Å². The molecule has 3 rings (SSSR count). The zero-order valence-corrected chi connectivity index (χ0v) is 9.63. The minimum absolute atomic E-state index is 0.718. The highest BCUT2D eigenvalue weighted by Gasteiger charge is 2.17. The van der Waals surface area contributed by atoms with Gasteiger partial charge in [-0.25, -0.2) is 0 Å². The maximum absolute atomic E-state index is 3.90. The first kappa shape index (κ1) is 10.3. The third-order valence-corrected chi connectivity index (χ3v) is 3.21. The highest BCUT2D eigenvalue weighted by molar-refractivity contribution is 5.98. The zero-order valence-electron chi connectivity index (χ0n) is 9.63. The van der Waals surface area contributed by atoms with Crippen LogP contribution in [0.3, 0.4) is 0 Å². The molecule has 2 aliphatic heterocycles. The molecule has 0 unspecified atom stereocenters. The molecule has 0 saturated carbocycles. The third kappa shape index (κ3) is 2.13. The summed E-state index contributed by atoms with van der Waals surface area (Å²) in [5.74, 6) is 0.718. The Morgan fingerprint density at radius 2 is 1.82 bits per heavy atom. The van der Waals surface area contributed by atoms with Crippen LogP contribution in [-0.4, -0.2) is 18.9 Å². The van der Waals surface area contributed by atoms with Crippen molar-refractivity contribution < 1.29 is 0 Å². The molecule has 0 spiro atoms. The second-order valence-electron chi connectivity index (χ2n) is 4.34. The Hall–Kier alpha value is -1.91. The van der Waals surface area contributed by atoms with E-state index in [-0.39, 0.29) is 0 Å². The van der Waals surface area contributed by atoms with Crippen molar-refractivity contribution in [3.8, 4) is 0 Å². The van der Waals surface area contributed by atoms with Crippen molar-refractivity contribution in [1.82, 2.24) is 10.6 Å². The van der Waals surface area contributed by atoms with E-state index < -0.39 is 0 Å². The number of nitrogens with zero attached hydrogens (tertiary/aromatic N) is 4. The summed E-state index contributed by atoms with van der Waals surface area (Å²) in [4.78, 5) is 2.44. The largest absolute Gasteiger partial charge is 0.372 e. The standard InChI is InChI=1S/C12H15N5/c1-2-8-17(9-3-1)11-6-4-10(5-7-11)12-13-15-16-14-12/h4-7H,1-3,8-9H2,(H,13,14,15)/q+1. The number of hydrogen-bond acceptors (Lipinski definition) is 5. The molecule has 5 heteroatoms. The molecule has 2 heterocycles. The molecule has 1 fully saturated rings. The molecule has 1 radical (unpaired) electrons. The third-order valence-electron chi connectivity index (χ3n) is 3.21. The summed E-state index contributed by atoms with van der Waals surface area (Å²) >= 11 is 0. The highest BCUT2D eigenvalue weighted by atomic mass is 15.6. The summed E-state index contributed by atoms with van der Waals surface area (Å²) in [6.45, 7) is 2.34. The van der Waals surface area contributed by atoms with E-state index in [2.05, 4.69) is 50.1 Å². The van der Waals surface area contributed by atoms with E-state index in [9.17, 15) is 0 Å². The summed E-state index contributed by atoms with van der Waals surface area (Å²) in [7, 11) is 0. The van der Waals surface area contributed by atoms with Gasteiger partial charge in [0.1, 0.15) is 5.10 Å². The normalized spacial score (nSPS) is 19.1. The van der Waals surface area contributed by atoms with Crippen molar-refractivity contribution in [2.45, 2.75) is 19.3 Å². The average Bonchev–Trinajstić information content (AvgIpc) is 2.94. The summed E-state index contributed by atoms with van der Waals surface area (Å²) < 4.78 is 0. The lowest BCUT2D eigenvalue weighted by molar-refractivity contribution is 0.578. The van der Waals surface area contributed by atoms with Crippen LogP contribution in [0.15, 0.2) is 34.6 Å². The van der Waals surface area contributed by atoms with Gasteiger partial charge in [-0.2, -0.15) is 0 Å². The first-order chi connectivity index (χ1) is 8.43. The Labute approximate surface area is 100 Å². The maximum atomic E-state index is 3.90. The van der Waals surface area contributed by atoms with Crippen molar-refractivity contribution >= 4 is 11.5 Å². The predicted octanol–water partition coefficient (Wildman–Crippen LogP) is 1.64. The van der Waals surface area contributed by atoms with E-state index in [0.717, 1.165) is 11.4 Å². The number of rotatable bonds is 2. The molecule has 0 bridgehead atoms. The van der Waals surface area contributed by atoms with Gasteiger partial charge in [0.05, 0.1) is 0 Å². The molecule has 1 saturated heterocycles. The molecule has 0 atom stereocenters. The monoisotopic (exact) mass is 229 g/mol. The summed E-state index contributed by atoms with van der Waals surface area (Å²) in [5, 5.41) is 11.1. The van der Waals surface area contributed by atoms with Gasteiger partial charge in [0, 0.05) is 24.3 Å². The van der Waals surface area contributed by atoms with Gasteiger partial charge in [-0.15, -0.1) is 5.43 Å². The van der Waals surface area contributed by atoms with Gasteiger partial charge in [-0.3, -0.25) is 0 Å². The Balaban J connectivity index is 1.75. The van der Waals surface area contributed by atoms with E-state index in [1.807, 2.05) is 0 Å². The second kappa shape index (κ2) is 4.53. The van der Waals surface area contributed by atoms with E-state index in [0.29, 0.717) is 0 Å². The van der Waals surface area contributed by atoms with E-state index in [1.54, 1.807) is 0 Å². The minimum Gasteiger partial charge on any atom is -0.372 e. The lowest BCUT2D eigenvalue weighted by atomic mass is 10.1. The maximum Gasteiger partial charge on any atom is 0.316 e. The van der Waals surface area contributed by atoms with E-state index in [4.69, 9.17) is 0 Å². The van der Waals surface area contributed by atoms with Crippen molar-refractivity contribution in [3.63, 3.8) is 0 Å². The highest BCUT2D eigenvalue weighted by Crippen LogP contribution is 2.20. The fourth-order valence-electron chi connectivity index (χ4n) is 2.26. The topological polar surface area (TPSA) is 54.1 Å². The summed E-state index contributed by atoms with van der Waals surface area (Å²) in [5.41, 5.74) is 5.08. The Bertz CT molecular complexity index is 442. The molecule has 0 amide bonds. The van der Waals surface area contributed by atoms with Gasteiger partial charge >= 0.3 is 5.84 Å². The van der Waals surface area contributed by atoms with Gasteiger partial charge in [0.2, 0.25) is 5.22 Å². The van der Waals surface area contributed by atoms with E-state index >= 15 is 0 Å². The van der Waals surface area contributed by atoms with E-state index in [1.165, 1.54) is 38.0 Å². The molecule has 2 aliphatic rings. The predicted molar refractivity (Wildman–Crippen MR) is 66.7 cm³/mol. The van der Waals surface area contributed by atoms with Gasteiger partial charge < -0.3 is 4.90 Å². The van der Waals surface area contributed by atoms with Gasteiger partial charge in [-0.05, 0) is 43.5 Å². The van der Waals surface area contributed by atoms with Crippen LogP contribution < -0.4 is 15.5 Å². The average molecular weight is 229 g/mol. The van der Waals surface area contributed by atoms with Crippen molar-refractivity contribution in [2.24, 2.45) is 10.3 Å². The minimum atomic E-state index is 0.718. The van der Waals surface area contributed by atoms with Crippen LogP contribution in [-0.2, 0) is 0 Å². The lowest BCUT2D eigenvalue weighted by Crippen LogP contribution is -2.29. The van der Waals surface area contributed by atoms with Crippen molar-refractivity contribution in [1.29, 1.82) is 0 Å². The number of nitrogens with one attached hydrogen (secondary N) is 1. The smallest absolute Gasteiger partial charge is 0.316 e. The van der Waals surface area contributed by atoms with Crippen LogP contribution in [0.4, 0.5) is 5.69 Å². The number of amidine groups is 1. The molecule has 5 nitrogen and oxygen atoms in total. The van der Waals surface area contributed by atoms with Crippen LogP contribution in [0.2, 0.25) is 0 Å². The quantitative estimate of drug-likeness (QED) is 0.838. The Morgan fingerprint density at radius 3 is 2.47 bits per heavy atom. The SMILES string of the molecule is c1cc(N2CCCCC2)ccc1C1=NN=[N+]N1. The fraction of sp³-hybridized carbons (Fsp3) is 0.417. The second-order valence-corrected chi connectivity index (χ2v) is 4.34. The van der Waals surface area contributed by atoms with Crippen LogP contribution in [0.1, 0.15) is 24.8 Å². The fourth-order valence-corrected chi connectivity index (χ4v) is 2.26. The van der Waals surface area contributed by atoms with Crippen molar-refractivity contribution in [3.05, 3.63) is 29.8 Å².